The van der Waals surface area contributed by atoms with Gasteiger partial charge in [-0.05, 0) is 71.0 Å². The van der Waals surface area contributed by atoms with Crippen molar-refractivity contribution in [1.29, 1.82) is 0 Å². The van der Waals surface area contributed by atoms with Crippen molar-refractivity contribution in [3.05, 3.63) is 191 Å². The summed E-state index contributed by atoms with van der Waals surface area (Å²) in [5.41, 5.74) is 4.84. The van der Waals surface area contributed by atoms with Gasteiger partial charge in [0.2, 0.25) is 0 Å². The van der Waals surface area contributed by atoms with E-state index >= 15 is 0 Å². The SMILES string of the molecule is CCCc1nc(C(C)(C)O)c(C(=O)OC/C(OC)=C(\C)OC)n1Cc1ccc(-c2ccccc2-c2nnnn2C(c2ccccc2)(c2ccccc2)c2ccccc2)cc1. The number of imidazole rings is 1. The van der Waals surface area contributed by atoms with Crippen LogP contribution in [0.1, 0.15) is 78.4 Å². The van der Waals surface area contributed by atoms with Gasteiger partial charge in [-0.3, -0.25) is 0 Å². The summed E-state index contributed by atoms with van der Waals surface area (Å²) in [5, 5.41) is 25.0. The molecule has 0 atom stereocenters. The molecular formula is C49H50N6O5. The summed E-state index contributed by atoms with van der Waals surface area (Å²) in [4.78, 5) is 18.7. The maximum Gasteiger partial charge on any atom is 0.357 e. The first-order chi connectivity index (χ1) is 29.1. The number of allylic oxidation sites excluding steroid dienone is 1. The first kappa shape index (κ1) is 41.3. The number of ether oxygens (including phenoxy) is 3. The Hall–Kier alpha value is -6.85. The Morgan fingerprint density at radius 2 is 1.28 bits per heavy atom. The topological polar surface area (TPSA) is 126 Å². The molecule has 7 rings (SSSR count). The van der Waals surface area contributed by atoms with Crippen LogP contribution in [0.15, 0.2) is 151 Å². The van der Waals surface area contributed by atoms with Crippen molar-refractivity contribution in [1.82, 2.24) is 29.8 Å². The van der Waals surface area contributed by atoms with Gasteiger partial charge in [-0.15, -0.1) is 5.10 Å². The molecule has 7 aromatic rings. The fraction of sp³-hybridized carbons (Fsp3) is 0.245. The molecule has 60 heavy (non-hydrogen) atoms. The Labute approximate surface area is 350 Å². The molecule has 11 heteroatoms. The predicted octanol–water partition coefficient (Wildman–Crippen LogP) is 8.95. The third kappa shape index (κ3) is 8.08. The van der Waals surface area contributed by atoms with Gasteiger partial charge in [0, 0.05) is 18.5 Å². The van der Waals surface area contributed by atoms with Gasteiger partial charge in [-0.2, -0.15) is 0 Å². The number of nitrogens with zero attached hydrogens (tertiary/aromatic N) is 6. The van der Waals surface area contributed by atoms with Crippen molar-refractivity contribution in [2.24, 2.45) is 0 Å². The molecule has 0 unspecified atom stereocenters. The third-order valence-electron chi connectivity index (χ3n) is 10.7. The molecule has 0 saturated carbocycles. The Morgan fingerprint density at radius 3 is 1.80 bits per heavy atom. The van der Waals surface area contributed by atoms with E-state index < -0.39 is 17.1 Å². The number of hydrogen-bond donors (Lipinski definition) is 1. The summed E-state index contributed by atoms with van der Waals surface area (Å²) < 4.78 is 20.3. The second kappa shape index (κ2) is 18.0. The lowest BCUT2D eigenvalue weighted by molar-refractivity contribution is 0.0420. The zero-order valence-electron chi connectivity index (χ0n) is 34.9. The Morgan fingerprint density at radius 1 is 0.733 bits per heavy atom. The highest BCUT2D eigenvalue weighted by atomic mass is 16.6. The lowest BCUT2D eigenvalue weighted by Crippen LogP contribution is -2.39. The van der Waals surface area contributed by atoms with Crippen molar-refractivity contribution in [2.45, 2.75) is 58.2 Å². The van der Waals surface area contributed by atoms with Gasteiger partial charge >= 0.3 is 5.97 Å². The monoisotopic (exact) mass is 802 g/mol. The molecule has 2 heterocycles. The number of aliphatic hydroxyl groups is 1. The zero-order chi connectivity index (χ0) is 42.3. The Balaban J connectivity index is 1.29. The standard InChI is InChI=1S/C49H50N6O5/c1-7-19-43-50-45(48(3,4)57)44(47(56)60-33-42(59-6)34(2)58-5)54(43)32-35-28-30-36(31-29-35)40-26-17-18-27-41(40)46-51-52-53-55(46)49(37-20-11-8-12-21-37,38-22-13-9-14-23-38)39-24-15-10-16-25-39/h8-18,20-31,57H,7,19,32-33H2,1-6H3/b42-34-. The lowest BCUT2D eigenvalue weighted by atomic mass is 9.77. The molecule has 0 aliphatic carbocycles. The second-order valence-electron chi connectivity index (χ2n) is 15.0. The van der Waals surface area contributed by atoms with Crippen LogP contribution in [0.5, 0.6) is 0 Å². The van der Waals surface area contributed by atoms with E-state index in [0.29, 0.717) is 36.1 Å². The molecule has 2 aromatic heterocycles. The first-order valence-electron chi connectivity index (χ1n) is 20.0. The van der Waals surface area contributed by atoms with Crippen LogP contribution in [0.2, 0.25) is 0 Å². The average molecular weight is 803 g/mol. The molecule has 5 aromatic carbocycles. The number of benzene rings is 5. The normalized spacial score (nSPS) is 12.2. The maximum atomic E-state index is 13.9. The number of hydrogen-bond acceptors (Lipinski definition) is 9. The van der Waals surface area contributed by atoms with Crippen molar-refractivity contribution in [3.63, 3.8) is 0 Å². The highest BCUT2D eigenvalue weighted by Crippen LogP contribution is 2.43. The smallest absolute Gasteiger partial charge is 0.357 e. The minimum Gasteiger partial charge on any atom is -0.498 e. The van der Waals surface area contributed by atoms with Crippen molar-refractivity contribution < 1.29 is 24.1 Å². The molecule has 0 aliphatic rings. The fourth-order valence-corrected chi connectivity index (χ4v) is 7.72. The van der Waals surface area contributed by atoms with Gasteiger partial charge < -0.3 is 23.9 Å². The highest BCUT2D eigenvalue weighted by molar-refractivity contribution is 5.89. The molecule has 0 aliphatic heterocycles. The van der Waals surface area contributed by atoms with Crippen LogP contribution in [0, 0.1) is 0 Å². The fourth-order valence-electron chi connectivity index (χ4n) is 7.72. The molecule has 0 bridgehead atoms. The summed E-state index contributed by atoms with van der Waals surface area (Å²) in [6.07, 6.45) is 1.38. The summed E-state index contributed by atoms with van der Waals surface area (Å²) in [7, 11) is 3.02. The molecule has 11 nitrogen and oxygen atoms in total. The van der Waals surface area contributed by atoms with Crippen LogP contribution >= 0.6 is 0 Å². The number of aryl methyl sites for hydroxylation is 1. The highest BCUT2D eigenvalue weighted by Gasteiger charge is 2.42. The van der Waals surface area contributed by atoms with Gasteiger partial charge in [-0.25, -0.2) is 14.5 Å². The molecular weight excluding hydrogens is 753 g/mol. The zero-order valence-corrected chi connectivity index (χ0v) is 34.9. The molecule has 306 valence electrons. The lowest BCUT2D eigenvalue weighted by Gasteiger charge is -2.36. The molecule has 0 fully saturated rings. The Bertz CT molecular complexity index is 2460. The van der Waals surface area contributed by atoms with Gasteiger partial charge in [0.1, 0.15) is 28.4 Å². The number of carbonyl (C=O) groups excluding carboxylic acids is 1. The summed E-state index contributed by atoms with van der Waals surface area (Å²) >= 11 is 0. The van der Waals surface area contributed by atoms with E-state index in [1.165, 1.54) is 14.2 Å². The second-order valence-corrected chi connectivity index (χ2v) is 15.0. The number of rotatable bonds is 16. The number of carbonyl (C=O) groups is 1. The van der Waals surface area contributed by atoms with Gasteiger partial charge in [-0.1, -0.05) is 146 Å². The van der Waals surface area contributed by atoms with Gasteiger partial charge in [0.15, 0.2) is 23.9 Å². The van der Waals surface area contributed by atoms with E-state index in [1.807, 2.05) is 94.2 Å². The van der Waals surface area contributed by atoms with E-state index in [0.717, 1.165) is 45.4 Å². The van der Waals surface area contributed by atoms with E-state index in [1.54, 1.807) is 20.8 Å². The van der Waals surface area contributed by atoms with Crippen LogP contribution in [-0.2, 0) is 38.3 Å². The average Bonchev–Trinajstić information content (AvgIpc) is 3.91. The van der Waals surface area contributed by atoms with Crippen LogP contribution in [-0.4, -0.2) is 61.7 Å². The van der Waals surface area contributed by atoms with Crippen LogP contribution in [0.4, 0.5) is 0 Å². The van der Waals surface area contributed by atoms with E-state index in [9.17, 15) is 9.90 Å². The van der Waals surface area contributed by atoms with E-state index in [2.05, 4.69) is 66.7 Å². The molecule has 0 spiro atoms. The summed E-state index contributed by atoms with van der Waals surface area (Å²) in [6.45, 7) is 7.20. The van der Waals surface area contributed by atoms with E-state index in [4.69, 9.17) is 29.5 Å². The minimum atomic E-state index is -1.41. The molecule has 0 amide bonds. The number of esters is 1. The van der Waals surface area contributed by atoms with E-state index in [-0.39, 0.29) is 18.0 Å². The summed E-state index contributed by atoms with van der Waals surface area (Å²) in [6, 6.07) is 47.4. The summed E-state index contributed by atoms with van der Waals surface area (Å²) in [5.74, 6) is 1.53. The van der Waals surface area contributed by atoms with Crippen LogP contribution in [0.25, 0.3) is 22.5 Å². The Kier molecular flexibility index (Phi) is 12.4. The van der Waals surface area contributed by atoms with Crippen molar-refractivity contribution in [3.8, 4) is 22.5 Å². The molecule has 1 N–H and O–H groups in total. The predicted molar refractivity (Wildman–Crippen MR) is 231 cm³/mol. The quantitative estimate of drug-likeness (QED) is 0.0579. The van der Waals surface area contributed by atoms with Gasteiger partial charge in [0.25, 0.3) is 0 Å². The van der Waals surface area contributed by atoms with Crippen LogP contribution in [0.3, 0.4) is 0 Å². The first-order valence-corrected chi connectivity index (χ1v) is 20.0. The van der Waals surface area contributed by atoms with Gasteiger partial charge in [0.05, 0.1) is 14.2 Å². The number of tetrazole rings is 1. The van der Waals surface area contributed by atoms with Crippen LogP contribution < -0.4 is 0 Å². The largest absolute Gasteiger partial charge is 0.498 e. The third-order valence-corrected chi connectivity index (χ3v) is 10.7. The molecule has 0 radical (unpaired) electrons. The maximum absolute atomic E-state index is 13.9. The molecule has 0 saturated heterocycles. The number of methoxy groups -OCH3 is 2. The van der Waals surface area contributed by atoms with Crippen molar-refractivity contribution >= 4 is 5.97 Å². The minimum absolute atomic E-state index is 0.144. The number of aromatic nitrogens is 6. The van der Waals surface area contributed by atoms with Crippen molar-refractivity contribution in [2.75, 3.05) is 20.8 Å².